The van der Waals surface area contributed by atoms with Gasteiger partial charge in [0.1, 0.15) is 0 Å². The van der Waals surface area contributed by atoms with Crippen molar-refractivity contribution in [1.29, 1.82) is 0 Å². The second kappa shape index (κ2) is 10.9. The summed E-state index contributed by atoms with van der Waals surface area (Å²) in [5.41, 5.74) is 1.98. The molecule has 0 aliphatic carbocycles. The molecule has 0 aliphatic rings. The molecule has 186 valence electrons. The van der Waals surface area contributed by atoms with E-state index < -0.39 is 15.9 Å². The van der Waals surface area contributed by atoms with Crippen LogP contribution in [-0.2, 0) is 26.1 Å². The highest BCUT2D eigenvalue weighted by Crippen LogP contribution is 2.23. The summed E-state index contributed by atoms with van der Waals surface area (Å²) in [6.45, 7) is 2.32. The molecule has 4 aromatic rings. The van der Waals surface area contributed by atoms with Crippen LogP contribution in [0, 0.1) is 0 Å². The van der Waals surface area contributed by atoms with E-state index in [1.807, 2.05) is 16.7 Å². The Morgan fingerprint density at radius 2 is 1.78 bits per heavy atom. The van der Waals surface area contributed by atoms with Crippen molar-refractivity contribution < 1.29 is 22.7 Å². The Hall–Kier alpha value is -3.80. The zero-order chi connectivity index (χ0) is 25.7. The number of fused-ring (bicyclic) bond motifs is 1. The quantitative estimate of drug-likeness (QED) is 0.363. The van der Waals surface area contributed by atoms with E-state index in [0.717, 1.165) is 10.2 Å². The maximum Gasteiger partial charge on any atom is 0.279 e. The van der Waals surface area contributed by atoms with Crippen LogP contribution in [0.5, 0.6) is 0 Å². The maximum absolute atomic E-state index is 13.1. The second-order valence-electron chi connectivity index (χ2n) is 7.81. The molecule has 0 unspecified atom stereocenters. The molecular weight excluding hydrogens is 500 g/mol. The third-order valence-electron chi connectivity index (χ3n) is 5.13. The molecule has 0 aliphatic heterocycles. The van der Waals surface area contributed by atoms with Crippen molar-refractivity contribution in [1.82, 2.24) is 4.57 Å². The van der Waals surface area contributed by atoms with Crippen molar-refractivity contribution in [2.24, 2.45) is 4.99 Å². The molecular formula is C25H24N4O5S2. The average molecular weight is 525 g/mol. The van der Waals surface area contributed by atoms with Crippen molar-refractivity contribution in [3.63, 3.8) is 0 Å². The number of nitrogens with zero attached hydrogens (tertiary/aromatic N) is 2. The zero-order valence-electron chi connectivity index (χ0n) is 19.6. The van der Waals surface area contributed by atoms with Crippen LogP contribution in [-0.4, -0.2) is 38.5 Å². The molecule has 0 fully saturated rings. The van der Waals surface area contributed by atoms with Crippen LogP contribution in [0.25, 0.3) is 10.2 Å². The van der Waals surface area contributed by atoms with Gasteiger partial charge in [-0.2, -0.15) is 4.99 Å². The van der Waals surface area contributed by atoms with Crippen LogP contribution < -0.4 is 14.8 Å². The SMILES string of the molecule is COCCn1c(=NC(=O)c2cccc(NS(=O)(=O)c3ccccc3)c2)sc2cc(NC(C)=O)ccc21. The molecule has 0 bridgehead atoms. The van der Waals surface area contributed by atoms with Crippen molar-refractivity contribution >= 4 is 54.8 Å². The van der Waals surface area contributed by atoms with Crippen molar-refractivity contribution in [3.05, 3.63) is 83.2 Å². The summed E-state index contributed by atoms with van der Waals surface area (Å²) >= 11 is 1.31. The van der Waals surface area contributed by atoms with Gasteiger partial charge >= 0.3 is 0 Å². The molecule has 2 N–H and O–H groups in total. The number of ether oxygens (including phenoxy) is 1. The van der Waals surface area contributed by atoms with Crippen molar-refractivity contribution in [2.45, 2.75) is 18.4 Å². The third-order valence-corrected chi connectivity index (χ3v) is 7.57. The number of carbonyl (C=O) groups is 2. The summed E-state index contributed by atoms with van der Waals surface area (Å²) in [5.74, 6) is -0.698. The monoisotopic (exact) mass is 524 g/mol. The van der Waals surface area contributed by atoms with E-state index in [1.165, 1.54) is 36.5 Å². The molecule has 4 rings (SSSR count). The maximum atomic E-state index is 13.1. The van der Waals surface area contributed by atoms with E-state index in [1.54, 1.807) is 49.6 Å². The molecule has 9 nitrogen and oxygen atoms in total. The first-order valence-electron chi connectivity index (χ1n) is 10.9. The van der Waals surface area contributed by atoms with E-state index >= 15 is 0 Å². The van der Waals surface area contributed by atoms with Crippen molar-refractivity contribution in [2.75, 3.05) is 23.8 Å². The highest BCUT2D eigenvalue weighted by Gasteiger charge is 2.15. The van der Waals surface area contributed by atoms with Crippen LogP contribution in [0.2, 0.25) is 0 Å². The Labute approximate surface area is 212 Å². The lowest BCUT2D eigenvalue weighted by Gasteiger charge is -2.08. The average Bonchev–Trinajstić information content (AvgIpc) is 3.18. The lowest BCUT2D eigenvalue weighted by Crippen LogP contribution is -2.19. The summed E-state index contributed by atoms with van der Waals surface area (Å²) in [7, 11) is -2.21. The number of anilines is 2. The molecule has 2 amide bonds. The number of sulfonamides is 1. The van der Waals surface area contributed by atoms with Gasteiger partial charge in [0, 0.05) is 37.5 Å². The predicted molar refractivity (Wildman–Crippen MR) is 140 cm³/mol. The van der Waals surface area contributed by atoms with Crippen LogP contribution in [0.3, 0.4) is 0 Å². The first-order valence-corrected chi connectivity index (χ1v) is 13.2. The van der Waals surface area contributed by atoms with Gasteiger partial charge in [0.25, 0.3) is 15.9 Å². The van der Waals surface area contributed by atoms with E-state index in [-0.39, 0.29) is 22.1 Å². The molecule has 36 heavy (non-hydrogen) atoms. The molecule has 1 aromatic heterocycles. The van der Waals surface area contributed by atoms with Crippen LogP contribution >= 0.6 is 11.3 Å². The van der Waals surface area contributed by atoms with Gasteiger partial charge in [-0.25, -0.2) is 8.42 Å². The minimum absolute atomic E-state index is 0.120. The van der Waals surface area contributed by atoms with Gasteiger partial charge in [0.05, 0.1) is 21.7 Å². The fraction of sp³-hybridized carbons (Fsp3) is 0.160. The van der Waals surface area contributed by atoms with Gasteiger partial charge in [-0.3, -0.25) is 14.3 Å². The number of hydrogen-bond acceptors (Lipinski definition) is 6. The summed E-state index contributed by atoms with van der Waals surface area (Å²) in [5, 5.41) is 2.75. The van der Waals surface area contributed by atoms with Crippen LogP contribution in [0.1, 0.15) is 17.3 Å². The number of nitrogens with one attached hydrogen (secondary N) is 2. The van der Waals surface area contributed by atoms with Gasteiger partial charge in [-0.05, 0) is 48.5 Å². The molecule has 0 spiro atoms. The Kier molecular flexibility index (Phi) is 7.63. The number of thiazole rings is 1. The van der Waals surface area contributed by atoms with Gasteiger partial charge in [-0.1, -0.05) is 35.6 Å². The van der Waals surface area contributed by atoms with E-state index in [0.29, 0.717) is 23.6 Å². The smallest absolute Gasteiger partial charge is 0.279 e. The molecule has 11 heteroatoms. The number of rotatable bonds is 8. The Morgan fingerprint density at radius 3 is 2.50 bits per heavy atom. The molecule has 0 saturated carbocycles. The molecule has 3 aromatic carbocycles. The number of carbonyl (C=O) groups excluding carboxylic acids is 2. The van der Waals surface area contributed by atoms with Gasteiger partial charge in [0.15, 0.2) is 4.80 Å². The lowest BCUT2D eigenvalue weighted by molar-refractivity contribution is -0.114. The van der Waals surface area contributed by atoms with E-state index in [4.69, 9.17) is 4.74 Å². The highest BCUT2D eigenvalue weighted by molar-refractivity contribution is 7.92. The lowest BCUT2D eigenvalue weighted by atomic mass is 10.2. The number of benzene rings is 3. The van der Waals surface area contributed by atoms with Crippen molar-refractivity contribution in [3.8, 4) is 0 Å². The van der Waals surface area contributed by atoms with Gasteiger partial charge in [0.2, 0.25) is 5.91 Å². The minimum atomic E-state index is -3.80. The third kappa shape index (κ3) is 5.88. The summed E-state index contributed by atoms with van der Waals surface area (Å²) in [6.07, 6.45) is 0. The Bertz CT molecular complexity index is 1590. The second-order valence-corrected chi connectivity index (χ2v) is 10.5. The molecule has 1 heterocycles. The molecule has 0 radical (unpaired) electrons. The fourth-order valence-electron chi connectivity index (χ4n) is 3.52. The largest absolute Gasteiger partial charge is 0.383 e. The van der Waals surface area contributed by atoms with Crippen LogP contribution in [0.4, 0.5) is 11.4 Å². The number of hydrogen-bond donors (Lipinski definition) is 2. The number of methoxy groups -OCH3 is 1. The molecule has 0 saturated heterocycles. The zero-order valence-corrected chi connectivity index (χ0v) is 21.2. The van der Waals surface area contributed by atoms with E-state index in [2.05, 4.69) is 15.0 Å². The standard InChI is InChI=1S/C25H24N4O5S2/c1-17(30)26-19-11-12-22-23(16-19)35-25(29(22)13-14-34-2)27-24(31)18-7-6-8-20(15-18)28-36(32,33)21-9-4-3-5-10-21/h3-12,15-16,28H,13-14H2,1-2H3,(H,26,30). The fourth-order valence-corrected chi connectivity index (χ4v) is 5.68. The number of amides is 2. The van der Waals surface area contributed by atoms with Crippen LogP contribution in [0.15, 0.2) is 82.7 Å². The van der Waals surface area contributed by atoms with E-state index in [9.17, 15) is 18.0 Å². The van der Waals surface area contributed by atoms with Gasteiger partial charge in [-0.15, -0.1) is 0 Å². The molecule has 0 atom stereocenters. The van der Waals surface area contributed by atoms with Gasteiger partial charge < -0.3 is 14.6 Å². The predicted octanol–water partition coefficient (Wildman–Crippen LogP) is 3.85. The normalized spacial score (nSPS) is 12.0. The number of aromatic nitrogens is 1. The minimum Gasteiger partial charge on any atom is -0.383 e. The summed E-state index contributed by atoms with van der Waals surface area (Å²) in [4.78, 5) is 29.4. The topological polar surface area (TPSA) is 119 Å². The highest BCUT2D eigenvalue weighted by atomic mass is 32.2. The Balaban J connectivity index is 1.68. The first kappa shape index (κ1) is 25.3. The Morgan fingerprint density at radius 1 is 1.00 bits per heavy atom. The first-order chi connectivity index (χ1) is 17.3. The summed E-state index contributed by atoms with van der Waals surface area (Å²) < 4.78 is 35.7. The summed E-state index contributed by atoms with van der Waals surface area (Å²) in [6, 6.07) is 19.6.